The zero-order valence-electron chi connectivity index (χ0n) is 6.39. The first-order chi connectivity index (χ1) is 4.60. The van der Waals surface area contributed by atoms with E-state index in [4.69, 9.17) is 11.0 Å². The van der Waals surface area contributed by atoms with E-state index in [9.17, 15) is 4.39 Å². The van der Waals surface area contributed by atoms with Gasteiger partial charge in [0.05, 0.1) is 6.07 Å². The highest BCUT2D eigenvalue weighted by Gasteiger charge is 2.32. The number of hydrogen-bond acceptors (Lipinski definition) is 2. The third kappa shape index (κ3) is 1.68. The summed E-state index contributed by atoms with van der Waals surface area (Å²) in [4.78, 5) is 0. The van der Waals surface area contributed by atoms with Crippen LogP contribution >= 0.6 is 0 Å². The van der Waals surface area contributed by atoms with Crippen molar-refractivity contribution in [2.75, 3.05) is 0 Å². The molecule has 0 saturated carbocycles. The van der Waals surface area contributed by atoms with E-state index in [0.29, 0.717) is 12.8 Å². The summed E-state index contributed by atoms with van der Waals surface area (Å²) in [5.41, 5.74) is 3.75. The molecule has 2 nitrogen and oxygen atoms in total. The fourth-order valence-electron chi connectivity index (χ4n) is 0.806. The van der Waals surface area contributed by atoms with Crippen LogP contribution in [0.3, 0.4) is 0 Å². The summed E-state index contributed by atoms with van der Waals surface area (Å²) in [6.07, 6.45) is 0.608. The van der Waals surface area contributed by atoms with E-state index >= 15 is 0 Å². The van der Waals surface area contributed by atoms with E-state index in [1.807, 2.05) is 0 Å². The Morgan fingerprint density at radius 2 is 2.00 bits per heavy atom. The Labute approximate surface area is 60.8 Å². The van der Waals surface area contributed by atoms with Crippen molar-refractivity contribution in [2.24, 2.45) is 5.73 Å². The smallest absolute Gasteiger partial charge is 0.138 e. The molecule has 0 aliphatic heterocycles. The van der Waals surface area contributed by atoms with E-state index in [1.165, 1.54) is 0 Å². The number of nitriles is 1. The van der Waals surface area contributed by atoms with Gasteiger partial charge in [0.25, 0.3) is 0 Å². The molecule has 0 aromatic carbocycles. The van der Waals surface area contributed by atoms with Gasteiger partial charge in [-0.2, -0.15) is 5.26 Å². The number of nitrogens with two attached hydrogens (primary N) is 1. The molecule has 3 heteroatoms. The summed E-state index contributed by atoms with van der Waals surface area (Å²) in [7, 11) is 0. The molecule has 58 valence electrons. The van der Waals surface area contributed by atoms with Gasteiger partial charge < -0.3 is 5.73 Å². The van der Waals surface area contributed by atoms with E-state index < -0.39 is 11.7 Å². The van der Waals surface area contributed by atoms with Crippen LogP contribution in [0.5, 0.6) is 0 Å². The van der Waals surface area contributed by atoms with E-state index in [2.05, 4.69) is 0 Å². The number of hydrogen-bond donors (Lipinski definition) is 1. The van der Waals surface area contributed by atoms with Gasteiger partial charge in [-0.25, -0.2) is 4.39 Å². The number of halogens is 1. The topological polar surface area (TPSA) is 49.8 Å². The maximum Gasteiger partial charge on any atom is 0.138 e. The normalized spacial score (nSPS) is 14.3. The fraction of sp³-hybridized carbons (Fsp3) is 0.857. The van der Waals surface area contributed by atoms with Crippen molar-refractivity contribution >= 4 is 0 Å². The molecule has 0 radical (unpaired) electrons. The molecule has 0 bridgehead atoms. The van der Waals surface area contributed by atoms with Gasteiger partial charge in [-0.15, -0.1) is 0 Å². The Balaban J connectivity index is 4.20. The Morgan fingerprint density at radius 1 is 1.60 bits per heavy atom. The lowest BCUT2D eigenvalue weighted by Gasteiger charge is -2.23. The molecule has 0 aliphatic rings. The summed E-state index contributed by atoms with van der Waals surface area (Å²) < 4.78 is 13.3. The third-order valence-electron chi connectivity index (χ3n) is 1.87. The number of rotatable bonds is 3. The van der Waals surface area contributed by atoms with Gasteiger partial charge in [0, 0.05) is 0 Å². The summed E-state index contributed by atoms with van der Waals surface area (Å²) >= 11 is 0. The van der Waals surface area contributed by atoms with Crippen molar-refractivity contribution in [3.05, 3.63) is 0 Å². The predicted molar refractivity (Wildman–Crippen MR) is 38.0 cm³/mol. The van der Waals surface area contributed by atoms with E-state index in [1.54, 1.807) is 19.9 Å². The van der Waals surface area contributed by atoms with Crippen molar-refractivity contribution in [3.63, 3.8) is 0 Å². The molecule has 0 heterocycles. The minimum Gasteiger partial charge on any atom is -0.313 e. The van der Waals surface area contributed by atoms with Crippen molar-refractivity contribution in [2.45, 2.75) is 38.4 Å². The molecule has 1 unspecified atom stereocenters. The molecule has 10 heavy (non-hydrogen) atoms. The molecule has 1 atom stereocenters. The first-order valence-corrected chi connectivity index (χ1v) is 3.44. The molecule has 0 aromatic rings. The van der Waals surface area contributed by atoms with Crippen LogP contribution < -0.4 is 5.73 Å². The summed E-state index contributed by atoms with van der Waals surface area (Å²) in [5, 5.41) is 8.32. The van der Waals surface area contributed by atoms with Gasteiger partial charge in [-0.05, 0) is 12.8 Å². The average molecular weight is 144 g/mol. The van der Waals surface area contributed by atoms with Crippen LogP contribution in [0, 0.1) is 11.3 Å². The minimum atomic E-state index is -1.49. The quantitative estimate of drug-likeness (QED) is 0.650. The molecule has 0 rings (SSSR count). The molecule has 2 N–H and O–H groups in total. The average Bonchev–Trinajstić information content (AvgIpc) is 2.01. The maximum atomic E-state index is 13.3. The Hall–Kier alpha value is -0.620. The van der Waals surface area contributed by atoms with Crippen LogP contribution in [-0.4, -0.2) is 11.7 Å². The van der Waals surface area contributed by atoms with Crippen molar-refractivity contribution in [1.29, 1.82) is 5.26 Å². The maximum absolute atomic E-state index is 13.3. The molecule has 0 fully saturated rings. The van der Waals surface area contributed by atoms with Crippen molar-refractivity contribution < 1.29 is 4.39 Å². The molecule has 0 aromatic heterocycles. The third-order valence-corrected chi connectivity index (χ3v) is 1.87. The largest absolute Gasteiger partial charge is 0.313 e. The first-order valence-electron chi connectivity index (χ1n) is 3.44. The molecular weight excluding hydrogens is 131 g/mol. The van der Waals surface area contributed by atoms with Gasteiger partial charge in [0.1, 0.15) is 11.7 Å². The van der Waals surface area contributed by atoms with Crippen LogP contribution in [0.4, 0.5) is 4.39 Å². The zero-order valence-corrected chi connectivity index (χ0v) is 6.39. The van der Waals surface area contributed by atoms with Gasteiger partial charge in [-0.1, -0.05) is 13.8 Å². The van der Waals surface area contributed by atoms with Gasteiger partial charge >= 0.3 is 0 Å². The van der Waals surface area contributed by atoms with Crippen molar-refractivity contribution in [3.8, 4) is 6.07 Å². The molecule has 0 aliphatic carbocycles. The SMILES string of the molecule is CCC(F)(CC)C(N)C#N. The minimum absolute atomic E-state index is 0.304. The second-order valence-corrected chi connectivity index (χ2v) is 2.35. The summed E-state index contributed by atoms with van der Waals surface area (Å²) in [6.45, 7) is 3.39. The van der Waals surface area contributed by atoms with E-state index in [0.717, 1.165) is 0 Å². The molecule has 0 amide bonds. The van der Waals surface area contributed by atoms with Gasteiger partial charge in [-0.3, -0.25) is 0 Å². The van der Waals surface area contributed by atoms with Crippen molar-refractivity contribution in [1.82, 2.24) is 0 Å². The highest BCUT2D eigenvalue weighted by Crippen LogP contribution is 2.22. The zero-order chi connectivity index (χ0) is 8.20. The Kier molecular flexibility index (Phi) is 3.31. The van der Waals surface area contributed by atoms with Crippen LogP contribution in [0.2, 0.25) is 0 Å². The number of nitrogens with zero attached hydrogens (tertiary/aromatic N) is 1. The van der Waals surface area contributed by atoms with Crippen LogP contribution in [-0.2, 0) is 0 Å². The Morgan fingerprint density at radius 3 is 2.10 bits per heavy atom. The highest BCUT2D eigenvalue weighted by molar-refractivity contribution is 5.01. The summed E-state index contributed by atoms with van der Waals surface area (Å²) in [6, 6.07) is 0.726. The number of alkyl halides is 1. The van der Waals surface area contributed by atoms with Crippen LogP contribution in [0.25, 0.3) is 0 Å². The molecular formula is C7H13FN2. The summed E-state index contributed by atoms with van der Waals surface area (Å²) in [5.74, 6) is 0. The lowest BCUT2D eigenvalue weighted by molar-refractivity contribution is 0.136. The highest BCUT2D eigenvalue weighted by atomic mass is 19.1. The predicted octanol–water partition coefficient (Wildman–Crippen LogP) is 1.37. The standard InChI is InChI=1S/C7H13FN2/c1-3-7(8,4-2)6(10)5-9/h6H,3-4,10H2,1-2H3. The lowest BCUT2D eigenvalue weighted by atomic mass is 9.92. The Bertz CT molecular complexity index is 135. The van der Waals surface area contributed by atoms with Gasteiger partial charge in [0.15, 0.2) is 0 Å². The van der Waals surface area contributed by atoms with Crippen LogP contribution in [0.1, 0.15) is 26.7 Å². The second kappa shape index (κ2) is 3.52. The second-order valence-electron chi connectivity index (χ2n) is 2.35. The molecule has 0 spiro atoms. The molecule has 0 saturated heterocycles. The van der Waals surface area contributed by atoms with Crippen LogP contribution in [0.15, 0.2) is 0 Å². The first kappa shape index (κ1) is 9.38. The lowest BCUT2D eigenvalue weighted by Crippen LogP contribution is -2.42. The monoisotopic (exact) mass is 144 g/mol. The van der Waals surface area contributed by atoms with Gasteiger partial charge in [0.2, 0.25) is 0 Å². The fourth-order valence-corrected chi connectivity index (χ4v) is 0.806. The van der Waals surface area contributed by atoms with E-state index in [-0.39, 0.29) is 0 Å².